The number of carbonyl (C=O) groups is 2. The van der Waals surface area contributed by atoms with Gasteiger partial charge in [0.15, 0.2) is 0 Å². The summed E-state index contributed by atoms with van der Waals surface area (Å²) in [5.41, 5.74) is 0.843. The molecule has 0 aliphatic carbocycles. The maximum absolute atomic E-state index is 12.9. The van der Waals surface area contributed by atoms with Crippen molar-refractivity contribution in [2.24, 2.45) is 0 Å². The van der Waals surface area contributed by atoms with Gasteiger partial charge in [0.25, 0.3) is 0 Å². The Hall–Kier alpha value is -2.34. The van der Waals surface area contributed by atoms with Gasteiger partial charge in [0.1, 0.15) is 11.9 Å². The monoisotopic (exact) mass is 400 g/mol. The lowest BCUT2D eigenvalue weighted by Gasteiger charge is -2.34. The summed E-state index contributed by atoms with van der Waals surface area (Å²) >= 11 is 1.63. The van der Waals surface area contributed by atoms with E-state index in [2.05, 4.69) is 5.32 Å². The Balaban J connectivity index is 1.54. The molecule has 148 valence electrons. The highest BCUT2D eigenvalue weighted by Gasteiger charge is 2.32. The van der Waals surface area contributed by atoms with E-state index in [1.807, 2.05) is 30.3 Å². The van der Waals surface area contributed by atoms with Crippen molar-refractivity contribution in [3.05, 3.63) is 66.0 Å². The van der Waals surface area contributed by atoms with Crippen LogP contribution >= 0.6 is 11.8 Å². The molecule has 28 heavy (non-hydrogen) atoms. The molecule has 1 fully saturated rings. The maximum atomic E-state index is 12.9. The predicted octanol–water partition coefficient (Wildman–Crippen LogP) is 4.18. The van der Waals surface area contributed by atoms with E-state index in [0.29, 0.717) is 19.5 Å². The van der Waals surface area contributed by atoms with Crippen LogP contribution in [0.1, 0.15) is 37.3 Å². The molecular weight excluding hydrogens is 375 g/mol. The fourth-order valence-corrected chi connectivity index (χ4v) is 4.16. The molecule has 6 heteroatoms. The molecule has 4 nitrogen and oxygen atoms in total. The minimum absolute atomic E-state index is 0.0436. The molecule has 1 saturated heterocycles. The van der Waals surface area contributed by atoms with Crippen LogP contribution in [-0.2, 0) is 9.59 Å². The first-order chi connectivity index (χ1) is 13.6. The standard InChI is InChI=1S/C22H25FN2O2S/c23-18-10-12-19(13-11-18)28-16-6-14-24-22(27)21(17-7-2-1-3-8-17)25-15-5-4-9-20(25)26/h1-3,7-8,10-13,21H,4-6,9,14-16H2,(H,24,27). The number of benzene rings is 2. The molecule has 0 radical (unpaired) electrons. The van der Waals surface area contributed by atoms with Gasteiger partial charge in [0.05, 0.1) is 0 Å². The molecule has 1 aliphatic rings. The van der Waals surface area contributed by atoms with Gasteiger partial charge in [0.2, 0.25) is 11.8 Å². The SMILES string of the molecule is O=C(NCCCSc1ccc(F)cc1)C(c1ccccc1)N1CCCCC1=O. The smallest absolute Gasteiger partial charge is 0.247 e. The summed E-state index contributed by atoms with van der Waals surface area (Å²) < 4.78 is 12.9. The topological polar surface area (TPSA) is 49.4 Å². The number of nitrogens with one attached hydrogen (secondary N) is 1. The van der Waals surface area contributed by atoms with Crippen LogP contribution in [0, 0.1) is 5.82 Å². The Labute approximate surface area is 169 Å². The van der Waals surface area contributed by atoms with E-state index in [0.717, 1.165) is 35.5 Å². The van der Waals surface area contributed by atoms with E-state index in [1.165, 1.54) is 12.1 Å². The van der Waals surface area contributed by atoms with Gasteiger partial charge in [-0.25, -0.2) is 4.39 Å². The van der Waals surface area contributed by atoms with Crippen molar-refractivity contribution in [2.75, 3.05) is 18.8 Å². The number of hydrogen-bond donors (Lipinski definition) is 1. The quantitative estimate of drug-likeness (QED) is 0.534. The summed E-state index contributed by atoms with van der Waals surface area (Å²) in [6, 6.07) is 15.3. The largest absolute Gasteiger partial charge is 0.354 e. The fraction of sp³-hybridized carbons (Fsp3) is 0.364. The second-order valence-electron chi connectivity index (χ2n) is 6.80. The number of amides is 2. The Morgan fingerprint density at radius 3 is 2.57 bits per heavy atom. The summed E-state index contributed by atoms with van der Waals surface area (Å²) in [6.07, 6.45) is 3.11. The molecule has 1 unspecified atom stereocenters. The summed E-state index contributed by atoms with van der Waals surface area (Å²) in [5.74, 6) is 0.496. The van der Waals surface area contributed by atoms with E-state index in [9.17, 15) is 14.0 Å². The molecule has 0 spiro atoms. The lowest BCUT2D eigenvalue weighted by molar-refractivity contribution is -0.142. The van der Waals surface area contributed by atoms with Crippen molar-refractivity contribution in [2.45, 2.75) is 36.6 Å². The Bertz CT molecular complexity index is 783. The van der Waals surface area contributed by atoms with Gasteiger partial charge in [-0.2, -0.15) is 0 Å². The van der Waals surface area contributed by atoms with Crippen LogP contribution in [0.5, 0.6) is 0 Å². The number of likely N-dealkylation sites (tertiary alicyclic amines) is 1. The maximum Gasteiger partial charge on any atom is 0.247 e. The minimum atomic E-state index is -0.571. The molecular formula is C22H25FN2O2S. The number of hydrogen-bond acceptors (Lipinski definition) is 3. The number of thioether (sulfide) groups is 1. The van der Waals surface area contributed by atoms with Crippen LogP contribution < -0.4 is 5.32 Å². The molecule has 0 bridgehead atoms. The third kappa shape index (κ3) is 5.58. The molecule has 0 aromatic heterocycles. The second-order valence-corrected chi connectivity index (χ2v) is 7.97. The third-order valence-corrected chi connectivity index (χ3v) is 5.84. The molecule has 3 rings (SSSR count). The highest BCUT2D eigenvalue weighted by molar-refractivity contribution is 7.99. The van der Waals surface area contributed by atoms with E-state index in [1.54, 1.807) is 28.8 Å². The van der Waals surface area contributed by atoms with Crippen LogP contribution in [0.25, 0.3) is 0 Å². The van der Waals surface area contributed by atoms with Crippen LogP contribution in [0.4, 0.5) is 4.39 Å². The lowest BCUT2D eigenvalue weighted by Crippen LogP contribution is -2.46. The molecule has 1 heterocycles. The minimum Gasteiger partial charge on any atom is -0.354 e. The van der Waals surface area contributed by atoms with Crippen molar-refractivity contribution >= 4 is 23.6 Å². The third-order valence-electron chi connectivity index (χ3n) is 4.74. The highest BCUT2D eigenvalue weighted by Crippen LogP contribution is 2.26. The molecule has 2 aromatic carbocycles. The fourth-order valence-electron chi connectivity index (χ4n) is 3.31. The normalized spacial score (nSPS) is 15.3. The average molecular weight is 401 g/mol. The Morgan fingerprint density at radius 1 is 1.11 bits per heavy atom. The summed E-state index contributed by atoms with van der Waals surface area (Å²) in [5, 5.41) is 2.99. The first-order valence-corrected chi connectivity index (χ1v) is 10.6. The zero-order chi connectivity index (χ0) is 19.8. The van der Waals surface area contributed by atoms with Crippen molar-refractivity contribution in [1.29, 1.82) is 0 Å². The second kappa shape index (κ2) is 10.3. The molecule has 2 aromatic rings. The van der Waals surface area contributed by atoms with Crippen molar-refractivity contribution in [3.63, 3.8) is 0 Å². The van der Waals surface area contributed by atoms with Crippen molar-refractivity contribution in [3.8, 4) is 0 Å². The Morgan fingerprint density at radius 2 is 1.86 bits per heavy atom. The van der Waals surface area contributed by atoms with Gasteiger partial charge < -0.3 is 10.2 Å². The summed E-state index contributed by atoms with van der Waals surface area (Å²) in [7, 11) is 0. The Kier molecular flexibility index (Phi) is 7.48. The van der Waals surface area contributed by atoms with Crippen LogP contribution in [0.15, 0.2) is 59.5 Å². The zero-order valence-electron chi connectivity index (χ0n) is 15.8. The lowest BCUT2D eigenvalue weighted by atomic mass is 10.0. The van der Waals surface area contributed by atoms with Gasteiger partial charge in [-0.15, -0.1) is 11.8 Å². The first kappa shape index (κ1) is 20.4. The van der Waals surface area contributed by atoms with Crippen LogP contribution in [0.3, 0.4) is 0 Å². The summed E-state index contributed by atoms with van der Waals surface area (Å²) in [4.78, 5) is 28.0. The van der Waals surface area contributed by atoms with Gasteiger partial charge >= 0.3 is 0 Å². The van der Waals surface area contributed by atoms with E-state index in [-0.39, 0.29) is 17.6 Å². The van der Waals surface area contributed by atoms with Gasteiger partial charge in [0, 0.05) is 24.4 Å². The molecule has 2 amide bonds. The summed E-state index contributed by atoms with van der Waals surface area (Å²) in [6.45, 7) is 1.16. The van der Waals surface area contributed by atoms with Gasteiger partial charge in [-0.3, -0.25) is 9.59 Å². The van der Waals surface area contributed by atoms with Crippen LogP contribution in [0.2, 0.25) is 0 Å². The number of nitrogens with zero attached hydrogens (tertiary/aromatic N) is 1. The van der Waals surface area contributed by atoms with Crippen LogP contribution in [-0.4, -0.2) is 35.6 Å². The number of rotatable bonds is 8. The number of piperidine rings is 1. The van der Waals surface area contributed by atoms with Gasteiger partial charge in [-0.1, -0.05) is 30.3 Å². The van der Waals surface area contributed by atoms with Gasteiger partial charge in [-0.05, 0) is 54.8 Å². The molecule has 0 saturated carbocycles. The average Bonchev–Trinajstić information content (AvgIpc) is 2.71. The number of carbonyl (C=O) groups excluding carboxylic acids is 2. The predicted molar refractivity (Wildman–Crippen MR) is 109 cm³/mol. The highest BCUT2D eigenvalue weighted by atomic mass is 32.2. The zero-order valence-corrected chi connectivity index (χ0v) is 16.6. The first-order valence-electron chi connectivity index (χ1n) is 9.65. The molecule has 1 N–H and O–H groups in total. The van der Waals surface area contributed by atoms with E-state index >= 15 is 0 Å². The number of halogens is 1. The molecule has 1 atom stereocenters. The van der Waals surface area contributed by atoms with E-state index in [4.69, 9.17) is 0 Å². The van der Waals surface area contributed by atoms with Crippen molar-refractivity contribution < 1.29 is 14.0 Å². The molecule has 1 aliphatic heterocycles. The van der Waals surface area contributed by atoms with Crippen molar-refractivity contribution in [1.82, 2.24) is 10.2 Å². The van der Waals surface area contributed by atoms with E-state index < -0.39 is 6.04 Å².